The van der Waals surface area contributed by atoms with Crippen molar-refractivity contribution in [1.29, 1.82) is 5.26 Å². The van der Waals surface area contributed by atoms with Crippen molar-refractivity contribution in [2.24, 2.45) is 13.0 Å². The minimum absolute atomic E-state index is 0.151. The molecule has 5 nitrogen and oxygen atoms in total. The molecule has 0 aliphatic rings. The Bertz CT molecular complexity index is 1550. The summed E-state index contributed by atoms with van der Waals surface area (Å²) in [6.07, 6.45) is 0.984. The van der Waals surface area contributed by atoms with Crippen LogP contribution in [0.15, 0.2) is 55.1 Å². The highest BCUT2D eigenvalue weighted by Gasteiger charge is 2.20. The zero-order valence-electron chi connectivity index (χ0n) is 23.1. The Labute approximate surface area is 233 Å². The minimum Gasteiger partial charge on any atom is -0.330 e. The van der Waals surface area contributed by atoms with Gasteiger partial charge in [-0.1, -0.05) is 31.2 Å². The number of hydrogen-bond donors (Lipinski definition) is 1. The SMILES string of the molecule is C=C(C)c1ccc2nc(CNC[C@@H](CC(C)CF)c3ccc(F)c(CCc4ccc(C#N)cc4F)n3)n(C)c2c1. The third kappa shape index (κ3) is 6.78. The number of nitrogens with one attached hydrogen (secondary N) is 1. The largest absolute Gasteiger partial charge is 0.330 e. The second-order valence-electron chi connectivity index (χ2n) is 10.5. The molecule has 0 aliphatic heterocycles. The molecule has 40 heavy (non-hydrogen) atoms. The zero-order valence-corrected chi connectivity index (χ0v) is 23.1. The van der Waals surface area contributed by atoms with Crippen LogP contribution < -0.4 is 5.32 Å². The molecular formula is C32H34F3N5. The second kappa shape index (κ2) is 12.9. The summed E-state index contributed by atoms with van der Waals surface area (Å²) in [6.45, 7) is 8.38. The number of allylic oxidation sites excluding steroid dienone is 1. The van der Waals surface area contributed by atoms with Gasteiger partial charge in [0.25, 0.3) is 0 Å². The number of nitrogens with zero attached hydrogens (tertiary/aromatic N) is 4. The van der Waals surface area contributed by atoms with E-state index in [-0.39, 0.29) is 35.9 Å². The predicted octanol–water partition coefficient (Wildman–Crippen LogP) is 6.81. The molecule has 208 valence electrons. The van der Waals surface area contributed by atoms with Crippen LogP contribution in [0.4, 0.5) is 13.2 Å². The van der Waals surface area contributed by atoms with E-state index in [0.29, 0.717) is 30.8 Å². The van der Waals surface area contributed by atoms with Crippen LogP contribution in [0.5, 0.6) is 0 Å². The van der Waals surface area contributed by atoms with Crippen molar-refractivity contribution in [1.82, 2.24) is 19.9 Å². The predicted molar refractivity (Wildman–Crippen MR) is 152 cm³/mol. The summed E-state index contributed by atoms with van der Waals surface area (Å²) in [7, 11) is 1.97. The Kier molecular flexibility index (Phi) is 9.38. The van der Waals surface area contributed by atoms with E-state index in [4.69, 9.17) is 10.2 Å². The Morgan fingerprint density at radius 1 is 1.07 bits per heavy atom. The molecule has 2 atom stereocenters. The third-order valence-corrected chi connectivity index (χ3v) is 7.26. The number of imidazole rings is 1. The number of aryl methyl sites for hydroxylation is 3. The molecule has 1 unspecified atom stereocenters. The summed E-state index contributed by atoms with van der Waals surface area (Å²) in [5.41, 5.74) is 5.51. The van der Waals surface area contributed by atoms with Crippen LogP contribution in [0.2, 0.25) is 0 Å². The summed E-state index contributed by atoms with van der Waals surface area (Å²) >= 11 is 0. The number of rotatable bonds is 12. The molecule has 0 bridgehead atoms. The summed E-state index contributed by atoms with van der Waals surface area (Å²) in [5, 5.41) is 12.4. The molecule has 4 rings (SSSR count). The lowest BCUT2D eigenvalue weighted by Crippen LogP contribution is -2.25. The topological polar surface area (TPSA) is 66.5 Å². The number of nitriles is 1. The fourth-order valence-electron chi connectivity index (χ4n) is 4.86. The first-order chi connectivity index (χ1) is 19.2. The molecule has 0 saturated heterocycles. The summed E-state index contributed by atoms with van der Waals surface area (Å²) < 4.78 is 44.6. The fourth-order valence-corrected chi connectivity index (χ4v) is 4.86. The number of alkyl halides is 1. The van der Waals surface area contributed by atoms with Gasteiger partial charge in [0.15, 0.2) is 0 Å². The molecule has 2 aromatic carbocycles. The Hall–Kier alpha value is -3.96. The first-order valence-corrected chi connectivity index (χ1v) is 13.4. The van der Waals surface area contributed by atoms with Crippen LogP contribution in [-0.2, 0) is 26.4 Å². The number of fused-ring (bicyclic) bond motifs is 1. The molecule has 0 saturated carbocycles. The van der Waals surface area contributed by atoms with E-state index in [2.05, 4.69) is 22.9 Å². The Morgan fingerprint density at radius 3 is 2.58 bits per heavy atom. The molecule has 0 aliphatic carbocycles. The lowest BCUT2D eigenvalue weighted by atomic mass is 9.92. The number of halogens is 3. The first-order valence-electron chi connectivity index (χ1n) is 13.4. The van der Waals surface area contributed by atoms with Gasteiger partial charge in [-0.15, -0.1) is 0 Å². The quantitative estimate of drug-likeness (QED) is 0.213. The van der Waals surface area contributed by atoms with E-state index < -0.39 is 18.3 Å². The van der Waals surface area contributed by atoms with Gasteiger partial charge < -0.3 is 9.88 Å². The third-order valence-electron chi connectivity index (χ3n) is 7.26. The van der Waals surface area contributed by atoms with Crippen molar-refractivity contribution in [2.75, 3.05) is 13.2 Å². The average Bonchev–Trinajstić information content (AvgIpc) is 3.26. The summed E-state index contributed by atoms with van der Waals surface area (Å²) in [5.74, 6) is -0.430. The second-order valence-corrected chi connectivity index (χ2v) is 10.5. The van der Waals surface area contributed by atoms with Crippen LogP contribution in [0, 0.1) is 28.9 Å². The van der Waals surface area contributed by atoms with Gasteiger partial charge in [0, 0.05) is 25.2 Å². The number of aromatic nitrogens is 3. The van der Waals surface area contributed by atoms with Crippen molar-refractivity contribution in [3.63, 3.8) is 0 Å². The molecule has 0 spiro atoms. The minimum atomic E-state index is -0.493. The van der Waals surface area contributed by atoms with Crippen LogP contribution in [0.25, 0.3) is 16.6 Å². The molecule has 0 amide bonds. The van der Waals surface area contributed by atoms with Crippen LogP contribution >= 0.6 is 0 Å². The van der Waals surface area contributed by atoms with E-state index in [9.17, 15) is 13.2 Å². The highest BCUT2D eigenvalue weighted by atomic mass is 19.1. The fraction of sp³-hybridized carbons (Fsp3) is 0.344. The van der Waals surface area contributed by atoms with Gasteiger partial charge in [0.05, 0.1) is 41.6 Å². The van der Waals surface area contributed by atoms with E-state index >= 15 is 0 Å². The van der Waals surface area contributed by atoms with Gasteiger partial charge >= 0.3 is 0 Å². The van der Waals surface area contributed by atoms with Crippen molar-refractivity contribution in [3.05, 3.63) is 101 Å². The molecule has 2 heterocycles. The van der Waals surface area contributed by atoms with Gasteiger partial charge in [-0.2, -0.15) is 5.26 Å². The standard InChI is InChI=1S/C32H34F3N5/c1-20(2)24-8-11-30-31(15-24)40(4)32(39-30)19-37-18-25(13-21(3)16-33)28-12-9-26(34)29(38-28)10-7-23-6-5-22(17-36)14-27(23)35/h5-6,8-9,11-12,14-15,21,25,37H,1,7,10,13,16,18-19H2,2-4H3/t21?,25-/m1/s1. The van der Waals surface area contributed by atoms with Gasteiger partial charge in [-0.3, -0.25) is 9.37 Å². The number of benzene rings is 2. The number of pyridine rings is 1. The molecule has 0 fully saturated rings. The molecule has 8 heteroatoms. The maximum Gasteiger partial charge on any atom is 0.144 e. The summed E-state index contributed by atoms with van der Waals surface area (Å²) in [4.78, 5) is 9.35. The van der Waals surface area contributed by atoms with Crippen molar-refractivity contribution in [3.8, 4) is 6.07 Å². The first kappa shape index (κ1) is 29.0. The van der Waals surface area contributed by atoms with Crippen molar-refractivity contribution < 1.29 is 13.2 Å². The van der Waals surface area contributed by atoms with E-state index in [1.54, 1.807) is 18.2 Å². The van der Waals surface area contributed by atoms with Crippen molar-refractivity contribution in [2.45, 2.75) is 45.6 Å². The van der Waals surface area contributed by atoms with E-state index in [1.807, 2.05) is 43.7 Å². The van der Waals surface area contributed by atoms with Gasteiger partial charge in [-0.25, -0.2) is 13.8 Å². The van der Waals surface area contributed by atoms with Crippen LogP contribution in [0.3, 0.4) is 0 Å². The molecular weight excluding hydrogens is 511 g/mol. The molecule has 1 N–H and O–H groups in total. The molecule has 2 aromatic heterocycles. The van der Waals surface area contributed by atoms with Gasteiger partial charge in [0.1, 0.15) is 17.5 Å². The average molecular weight is 546 g/mol. The lowest BCUT2D eigenvalue weighted by Gasteiger charge is -2.21. The summed E-state index contributed by atoms with van der Waals surface area (Å²) in [6, 6.07) is 15.3. The maximum absolute atomic E-state index is 14.7. The van der Waals surface area contributed by atoms with Crippen LogP contribution in [-0.4, -0.2) is 27.8 Å². The van der Waals surface area contributed by atoms with E-state index in [1.165, 1.54) is 12.1 Å². The Balaban J connectivity index is 1.49. The normalized spacial score (nSPS) is 12.8. The monoisotopic (exact) mass is 545 g/mol. The highest BCUT2D eigenvalue weighted by molar-refractivity contribution is 5.80. The van der Waals surface area contributed by atoms with Gasteiger partial charge in [0.2, 0.25) is 0 Å². The van der Waals surface area contributed by atoms with Crippen molar-refractivity contribution >= 4 is 16.6 Å². The zero-order chi connectivity index (χ0) is 28.8. The molecule has 0 radical (unpaired) electrons. The number of hydrogen-bond acceptors (Lipinski definition) is 4. The maximum atomic E-state index is 14.7. The highest BCUT2D eigenvalue weighted by Crippen LogP contribution is 2.25. The smallest absolute Gasteiger partial charge is 0.144 e. The van der Waals surface area contributed by atoms with E-state index in [0.717, 1.165) is 28.0 Å². The van der Waals surface area contributed by atoms with Gasteiger partial charge in [-0.05, 0) is 79.6 Å². The van der Waals surface area contributed by atoms with Crippen LogP contribution in [0.1, 0.15) is 60.1 Å². The Morgan fingerprint density at radius 2 is 1.88 bits per heavy atom. The lowest BCUT2D eigenvalue weighted by molar-refractivity contribution is 0.338. The molecule has 4 aromatic rings.